The van der Waals surface area contributed by atoms with Crippen LogP contribution in [0, 0.1) is 0 Å². The Morgan fingerprint density at radius 3 is 2.19 bits per heavy atom. The van der Waals surface area contributed by atoms with Crippen LogP contribution in [0.25, 0.3) is 0 Å². The minimum absolute atomic E-state index is 0.321. The summed E-state index contributed by atoms with van der Waals surface area (Å²) in [7, 11) is 0. The van der Waals surface area contributed by atoms with Crippen molar-refractivity contribution < 1.29 is 4.79 Å². The number of carbonyl (C=O) groups excluding carboxylic acids is 1. The monoisotopic (exact) mass is 295 g/mol. The van der Waals surface area contributed by atoms with E-state index in [-0.39, 0.29) is 0 Å². The maximum absolute atomic E-state index is 12.1. The van der Waals surface area contributed by atoms with Crippen molar-refractivity contribution in [3.63, 3.8) is 0 Å². The lowest BCUT2D eigenvalue weighted by Crippen LogP contribution is -2.48. The fraction of sp³-hybridized carbons (Fsp3) is 0.941. The average Bonchev–Trinajstić information content (AvgIpc) is 2.83. The third-order valence-corrected chi connectivity index (χ3v) is 5.32. The van der Waals surface area contributed by atoms with Gasteiger partial charge in [-0.25, -0.2) is 0 Å². The lowest BCUT2D eigenvalue weighted by atomic mass is 9.98. The van der Waals surface area contributed by atoms with Crippen molar-refractivity contribution in [2.24, 2.45) is 0 Å². The van der Waals surface area contributed by atoms with E-state index in [1.54, 1.807) is 0 Å². The van der Waals surface area contributed by atoms with Gasteiger partial charge in [0.1, 0.15) is 0 Å². The van der Waals surface area contributed by atoms with E-state index in [0.717, 1.165) is 50.7 Å². The van der Waals surface area contributed by atoms with E-state index in [4.69, 9.17) is 0 Å². The maximum Gasteiger partial charge on any atom is 0.222 e. The zero-order valence-corrected chi connectivity index (χ0v) is 14.1. The third kappa shape index (κ3) is 4.43. The molecule has 0 saturated carbocycles. The molecule has 0 aliphatic carbocycles. The number of amides is 1. The molecule has 0 aromatic carbocycles. The molecule has 4 nitrogen and oxygen atoms in total. The van der Waals surface area contributed by atoms with Crippen LogP contribution in [0.5, 0.6) is 0 Å². The van der Waals surface area contributed by atoms with Crippen LogP contribution < -0.4 is 5.32 Å². The summed E-state index contributed by atoms with van der Waals surface area (Å²) < 4.78 is 0. The summed E-state index contributed by atoms with van der Waals surface area (Å²) in [5.74, 6) is 0.321. The first-order chi connectivity index (χ1) is 10.2. The quantitative estimate of drug-likeness (QED) is 0.746. The molecule has 2 saturated heterocycles. The molecule has 0 spiro atoms. The molecule has 1 amide bonds. The van der Waals surface area contributed by atoms with Gasteiger partial charge in [0.25, 0.3) is 0 Å². The summed E-state index contributed by atoms with van der Waals surface area (Å²) in [5.41, 5.74) is 0. The summed E-state index contributed by atoms with van der Waals surface area (Å²) in [6.07, 6.45) is 7.03. The first-order valence-corrected chi connectivity index (χ1v) is 8.95. The SMILES string of the molecule is CCN(CC)C(=O)CCCN(CC)C1CC2CCC(C1)N2. The molecule has 2 aliphatic heterocycles. The number of hydrogen-bond donors (Lipinski definition) is 1. The molecular weight excluding hydrogens is 262 g/mol. The fourth-order valence-electron chi connectivity index (χ4n) is 4.09. The number of fused-ring (bicyclic) bond motifs is 2. The van der Waals surface area contributed by atoms with E-state index >= 15 is 0 Å². The molecule has 2 rings (SSSR count). The molecule has 2 atom stereocenters. The van der Waals surface area contributed by atoms with E-state index in [9.17, 15) is 4.79 Å². The van der Waals surface area contributed by atoms with Crippen LogP contribution in [0.4, 0.5) is 0 Å². The highest BCUT2D eigenvalue weighted by atomic mass is 16.2. The molecule has 21 heavy (non-hydrogen) atoms. The first kappa shape index (κ1) is 16.8. The molecule has 2 aliphatic rings. The molecule has 0 radical (unpaired) electrons. The first-order valence-electron chi connectivity index (χ1n) is 8.95. The predicted molar refractivity (Wildman–Crippen MR) is 87.4 cm³/mol. The van der Waals surface area contributed by atoms with Gasteiger partial charge >= 0.3 is 0 Å². The minimum Gasteiger partial charge on any atom is -0.343 e. The predicted octanol–water partition coefficient (Wildman–Crippen LogP) is 2.24. The molecule has 0 aromatic heterocycles. The molecule has 2 heterocycles. The normalized spacial score (nSPS) is 28.1. The summed E-state index contributed by atoms with van der Waals surface area (Å²) in [6, 6.07) is 2.23. The van der Waals surface area contributed by atoms with Crippen molar-refractivity contribution >= 4 is 5.91 Å². The van der Waals surface area contributed by atoms with Crippen LogP contribution in [-0.2, 0) is 4.79 Å². The average molecular weight is 295 g/mol. The fourth-order valence-corrected chi connectivity index (χ4v) is 4.09. The van der Waals surface area contributed by atoms with E-state index in [2.05, 4.69) is 31.0 Å². The second-order valence-electron chi connectivity index (χ2n) is 6.56. The Hall–Kier alpha value is -0.610. The van der Waals surface area contributed by atoms with Gasteiger partial charge < -0.3 is 15.1 Å². The van der Waals surface area contributed by atoms with Crippen molar-refractivity contribution in [2.45, 2.75) is 77.4 Å². The smallest absolute Gasteiger partial charge is 0.222 e. The Labute approximate surface area is 130 Å². The Morgan fingerprint density at radius 2 is 1.67 bits per heavy atom. The van der Waals surface area contributed by atoms with Crippen LogP contribution in [0.3, 0.4) is 0 Å². The standard InChI is InChI=1S/C17H33N3O/c1-4-19(5-2)17(21)8-7-11-20(6-3)16-12-14-9-10-15(13-16)18-14/h14-16,18H,4-13H2,1-3H3. The van der Waals surface area contributed by atoms with Gasteiger partial charge in [-0.3, -0.25) is 4.79 Å². The van der Waals surface area contributed by atoms with Crippen LogP contribution in [0.2, 0.25) is 0 Å². The second-order valence-corrected chi connectivity index (χ2v) is 6.56. The number of hydrogen-bond acceptors (Lipinski definition) is 3. The van der Waals surface area contributed by atoms with Crippen LogP contribution in [-0.4, -0.2) is 60.0 Å². The van der Waals surface area contributed by atoms with Crippen LogP contribution in [0.1, 0.15) is 59.3 Å². The highest BCUT2D eigenvalue weighted by Crippen LogP contribution is 2.29. The molecule has 2 unspecified atom stereocenters. The molecule has 122 valence electrons. The number of piperidine rings is 1. The van der Waals surface area contributed by atoms with E-state index in [1.165, 1.54) is 25.7 Å². The number of nitrogens with zero attached hydrogens (tertiary/aromatic N) is 2. The molecule has 2 bridgehead atoms. The van der Waals surface area contributed by atoms with E-state index in [0.29, 0.717) is 12.3 Å². The molecule has 1 N–H and O–H groups in total. The molecule has 4 heteroatoms. The van der Waals surface area contributed by atoms with Gasteiger partial charge in [0.2, 0.25) is 5.91 Å². The number of rotatable bonds is 8. The van der Waals surface area contributed by atoms with Gasteiger partial charge in [0.05, 0.1) is 0 Å². The van der Waals surface area contributed by atoms with Crippen molar-refractivity contribution in [3.8, 4) is 0 Å². The molecular formula is C17H33N3O. The molecule has 0 aromatic rings. The van der Waals surface area contributed by atoms with Crippen LogP contribution >= 0.6 is 0 Å². The van der Waals surface area contributed by atoms with Crippen molar-refractivity contribution in [1.29, 1.82) is 0 Å². The highest BCUT2D eigenvalue weighted by Gasteiger charge is 2.35. The maximum atomic E-state index is 12.1. The number of carbonyl (C=O) groups is 1. The topological polar surface area (TPSA) is 35.6 Å². The summed E-state index contributed by atoms with van der Waals surface area (Å²) in [5, 5.41) is 3.72. The van der Waals surface area contributed by atoms with Gasteiger partial charge in [0.15, 0.2) is 0 Å². The highest BCUT2D eigenvalue weighted by molar-refractivity contribution is 5.76. The summed E-state index contributed by atoms with van der Waals surface area (Å²) >= 11 is 0. The summed E-state index contributed by atoms with van der Waals surface area (Å²) in [6.45, 7) is 10.2. The van der Waals surface area contributed by atoms with Gasteiger partial charge in [-0.2, -0.15) is 0 Å². The Balaban J connectivity index is 1.74. The lowest BCUT2D eigenvalue weighted by molar-refractivity contribution is -0.131. The van der Waals surface area contributed by atoms with Crippen LogP contribution in [0.15, 0.2) is 0 Å². The minimum atomic E-state index is 0.321. The third-order valence-electron chi connectivity index (χ3n) is 5.32. The van der Waals surface area contributed by atoms with E-state index < -0.39 is 0 Å². The van der Waals surface area contributed by atoms with Gasteiger partial charge in [-0.1, -0.05) is 6.92 Å². The van der Waals surface area contributed by atoms with Gasteiger partial charge in [-0.05, 0) is 59.0 Å². The molecule has 2 fully saturated rings. The lowest BCUT2D eigenvalue weighted by Gasteiger charge is -2.37. The second kappa shape index (κ2) is 8.14. The number of nitrogens with one attached hydrogen (secondary N) is 1. The van der Waals surface area contributed by atoms with Crippen molar-refractivity contribution in [2.75, 3.05) is 26.2 Å². The largest absolute Gasteiger partial charge is 0.343 e. The zero-order valence-electron chi connectivity index (χ0n) is 14.1. The van der Waals surface area contributed by atoms with Crippen molar-refractivity contribution in [3.05, 3.63) is 0 Å². The Morgan fingerprint density at radius 1 is 1.05 bits per heavy atom. The van der Waals surface area contributed by atoms with Gasteiger partial charge in [-0.15, -0.1) is 0 Å². The van der Waals surface area contributed by atoms with E-state index in [1.807, 2.05) is 4.90 Å². The Bertz CT molecular complexity index is 318. The summed E-state index contributed by atoms with van der Waals surface area (Å²) in [4.78, 5) is 16.6. The van der Waals surface area contributed by atoms with Gasteiger partial charge in [0, 0.05) is 37.6 Å². The zero-order chi connectivity index (χ0) is 15.2. The van der Waals surface area contributed by atoms with Crippen molar-refractivity contribution in [1.82, 2.24) is 15.1 Å². The Kier molecular flexibility index (Phi) is 6.49.